The van der Waals surface area contributed by atoms with Crippen molar-refractivity contribution in [3.63, 3.8) is 0 Å². The molecule has 5 rings (SSSR count). The van der Waals surface area contributed by atoms with Gasteiger partial charge >= 0.3 is 16.2 Å². The molecule has 0 spiro atoms. The second-order valence-electron chi connectivity index (χ2n) is 10.1. The third-order valence-electron chi connectivity index (χ3n) is 7.38. The minimum atomic E-state index is -4.27. The van der Waals surface area contributed by atoms with E-state index in [2.05, 4.69) is 28.3 Å². The number of hydrogen-bond acceptors (Lipinski definition) is 6. The number of rotatable bonds is 6. The third kappa shape index (κ3) is 5.52. The Bertz CT molecular complexity index is 1380. The highest BCUT2D eigenvalue weighted by molar-refractivity contribution is 7.87. The van der Waals surface area contributed by atoms with Gasteiger partial charge in [0, 0.05) is 49.6 Å². The summed E-state index contributed by atoms with van der Waals surface area (Å²) in [7, 11) is -2.18. The first-order chi connectivity index (χ1) is 18.1. The van der Waals surface area contributed by atoms with Crippen molar-refractivity contribution in [3.8, 4) is 17.0 Å². The van der Waals surface area contributed by atoms with E-state index in [1.54, 1.807) is 6.20 Å². The Morgan fingerprint density at radius 2 is 1.89 bits per heavy atom. The normalized spacial score (nSPS) is 18.6. The number of carbonyl (C=O) groups is 1. The summed E-state index contributed by atoms with van der Waals surface area (Å²) in [6, 6.07) is 4.85. The number of pyridine rings is 1. The number of aromatic nitrogens is 1. The fourth-order valence-corrected chi connectivity index (χ4v) is 6.36. The van der Waals surface area contributed by atoms with Gasteiger partial charge in [0.2, 0.25) is 5.88 Å². The number of hydrogen-bond donors (Lipinski definition) is 2. The topological polar surface area (TPSA) is 104 Å². The van der Waals surface area contributed by atoms with E-state index >= 15 is 0 Å². The summed E-state index contributed by atoms with van der Waals surface area (Å²) in [5, 5.41) is 2.77. The number of piperidine rings is 1. The minimum absolute atomic E-state index is 0.0754. The van der Waals surface area contributed by atoms with E-state index in [9.17, 15) is 22.0 Å². The molecule has 3 aliphatic rings. The lowest BCUT2D eigenvalue weighted by atomic mass is 9.93. The number of halogens is 2. The molecule has 9 nitrogen and oxygen atoms in total. The zero-order chi connectivity index (χ0) is 27.0. The first kappa shape index (κ1) is 26.5. The number of amides is 2. The van der Waals surface area contributed by atoms with Gasteiger partial charge in [-0.1, -0.05) is 6.07 Å². The molecular formula is C26H31F2N5O4S. The molecule has 2 N–H and O–H groups in total. The van der Waals surface area contributed by atoms with Gasteiger partial charge < -0.3 is 15.0 Å². The largest absolute Gasteiger partial charge is 0.474 e. The summed E-state index contributed by atoms with van der Waals surface area (Å²) in [4.78, 5) is 19.6. The first-order valence-corrected chi connectivity index (χ1v) is 14.1. The lowest BCUT2D eigenvalue weighted by molar-refractivity contribution is 0.110. The lowest BCUT2D eigenvalue weighted by Gasteiger charge is -2.31. The molecule has 2 aliphatic heterocycles. The predicted octanol–water partition coefficient (Wildman–Crippen LogP) is 3.85. The standard InChI is InChI=1S/C26H31F2N5O4S/c1-16-12-17-4-3-5-21(17)24(30-26(34)31-38(35,36)33-14-19(15-33)25(27)28)23(16)18-6-9-29-22(13-18)37-20-7-10-32(2)11-8-20/h6,9,12-13,20H,3-5,7-8,10-11,14-15H2,1-2H3,(H2,30,31,34). The van der Waals surface area contributed by atoms with Crippen LogP contribution in [0.2, 0.25) is 0 Å². The molecule has 2 saturated heterocycles. The molecule has 0 saturated carbocycles. The summed E-state index contributed by atoms with van der Waals surface area (Å²) in [5.74, 6) is 0.497. The van der Waals surface area contributed by atoms with E-state index in [0.29, 0.717) is 11.6 Å². The van der Waals surface area contributed by atoms with E-state index in [4.69, 9.17) is 4.74 Å². The number of fused-ring (bicyclic) bond motifs is 1. The van der Waals surface area contributed by atoms with Crippen molar-refractivity contribution in [3.05, 3.63) is 52.7 Å². The molecule has 0 radical (unpaired) electrons. The molecule has 12 heteroatoms. The van der Waals surface area contributed by atoms with E-state index < -0.39 is 35.4 Å². The van der Waals surface area contributed by atoms with Crippen LogP contribution in [0.1, 0.15) is 36.0 Å². The van der Waals surface area contributed by atoms with Gasteiger partial charge in [-0.2, -0.15) is 21.5 Å². The summed E-state index contributed by atoms with van der Waals surface area (Å²) < 4.78 is 59.4. The fraction of sp³-hybridized carbons (Fsp3) is 0.462. The first-order valence-electron chi connectivity index (χ1n) is 12.7. The number of anilines is 1. The molecule has 2 amide bonds. The Morgan fingerprint density at radius 1 is 1.16 bits per heavy atom. The molecular weight excluding hydrogens is 516 g/mol. The smallest absolute Gasteiger partial charge is 0.333 e. The molecule has 3 heterocycles. The van der Waals surface area contributed by atoms with Crippen molar-refractivity contribution in [1.82, 2.24) is 18.9 Å². The van der Waals surface area contributed by atoms with Crippen LogP contribution in [0.25, 0.3) is 11.1 Å². The van der Waals surface area contributed by atoms with Crippen LogP contribution in [-0.4, -0.2) is 68.0 Å². The summed E-state index contributed by atoms with van der Waals surface area (Å²) in [6.07, 6.45) is 4.20. The van der Waals surface area contributed by atoms with Crippen LogP contribution in [0.5, 0.6) is 5.88 Å². The number of nitrogens with one attached hydrogen (secondary N) is 2. The van der Waals surface area contributed by atoms with Crippen molar-refractivity contribution < 1.29 is 26.7 Å². The highest BCUT2D eigenvalue weighted by Gasteiger charge is 2.35. The Kier molecular flexibility index (Phi) is 7.38. The second kappa shape index (κ2) is 10.6. The molecule has 38 heavy (non-hydrogen) atoms. The van der Waals surface area contributed by atoms with Crippen molar-refractivity contribution in [2.45, 2.75) is 45.1 Å². The van der Waals surface area contributed by atoms with Crippen LogP contribution < -0.4 is 14.8 Å². The highest BCUT2D eigenvalue weighted by atomic mass is 32.2. The summed E-state index contributed by atoms with van der Waals surface area (Å²) in [5.41, 5.74) is 4.84. The number of likely N-dealkylation sites (tertiary alicyclic amines) is 1. The molecule has 1 aliphatic carbocycles. The summed E-state index contributed by atoms with van der Waals surface area (Å²) in [6.45, 7) is 2.99. The number of carbonyl (C=O) groups excluding carboxylic acids is 1. The number of aryl methyl sites for hydroxylation is 2. The van der Waals surface area contributed by atoms with Gasteiger partial charge in [0.15, 0.2) is 0 Å². The van der Waals surface area contributed by atoms with Crippen molar-refractivity contribution in [2.24, 2.45) is 0 Å². The zero-order valence-electron chi connectivity index (χ0n) is 21.4. The van der Waals surface area contributed by atoms with Crippen LogP contribution in [0.15, 0.2) is 36.0 Å². The van der Waals surface area contributed by atoms with E-state index in [1.807, 2.05) is 23.8 Å². The van der Waals surface area contributed by atoms with Crippen LogP contribution in [0, 0.1) is 6.92 Å². The SMILES string of the molecule is Cc1cc2c(c(NC(=O)NS(=O)(=O)N3CC(=C(F)F)C3)c1-c1ccnc(OC3CCN(C)CC3)c1)CCC2. The van der Waals surface area contributed by atoms with Crippen LogP contribution in [-0.2, 0) is 23.1 Å². The maximum absolute atomic E-state index is 12.9. The number of urea groups is 1. The fourth-order valence-electron chi connectivity index (χ4n) is 5.30. The van der Waals surface area contributed by atoms with Gasteiger partial charge in [-0.3, -0.25) is 0 Å². The number of benzene rings is 1. The monoisotopic (exact) mass is 547 g/mol. The maximum atomic E-state index is 12.9. The van der Waals surface area contributed by atoms with Crippen molar-refractivity contribution in [2.75, 3.05) is 38.5 Å². The Balaban J connectivity index is 1.40. The lowest BCUT2D eigenvalue weighted by Crippen LogP contribution is -2.52. The van der Waals surface area contributed by atoms with Gasteiger partial charge in [-0.05, 0) is 74.4 Å². The molecule has 0 unspecified atom stereocenters. The van der Waals surface area contributed by atoms with Gasteiger partial charge in [0.25, 0.3) is 6.08 Å². The van der Waals surface area contributed by atoms with Gasteiger partial charge in [0.05, 0.1) is 5.69 Å². The average Bonchev–Trinajstić information content (AvgIpc) is 3.27. The van der Waals surface area contributed by atoms with E-state index in [-0.39, 0.29) is 11.7 Å². The van der Waals surface area contributed by atoms with Crippen LogP contribution >= 0.6 is 0 Å². The van der Waals surface area contributed by atoms with Crippen LogP contribution in [0.4, 0.5) is 19.3 Å². The Morgan fingerprint density at radius 3 is 2.61 bits per heavy atom. The zero-order valence-corrected chi connectivity index (χ0v) is 22.2. The Hall–Kier alpha value is -3.09. The van der Waals surface area contributed by atoms with Crippen LogP contribution in [0.3, 0.4) is 0 Å². The molecule has 2 fully saturated rings. The van der Waals surface area contributed by atoms with Crippen molar-refractivity contribution in [1.29, 1.82) is 0 Å². The average molecular weight is 548 g/mol. The molecule has 1 aromatic heterocycles. The maximum Gasteiger partial charge on any atom is 0.333 e. The Labute approximate surface area is 221 Å². The highest BCUT2D eigenvalue weighted by Crippen LogP contribution is 2.41. The van der Waals surface area contributed by atoms with Gasteiger partial charge in [-0.15, -0.1) is 0 Å². The molecule has 1 aromatic carbocycles. The number of nitrogens with zero attached hydrogens (tertiary/aromatic N) is 3. The van der Waals surface area contributed by atoms with E-state index in [0.717, 1.165) is 77.3 Å². The predicted molar refractivity (Wildman–Crippen MR) is 139 cm³/mol. The molecule has 2 aromatic rings. The molecule has 0 bridgehead atoms. The molecule has 0 atom stereocenters. The van der Waals surface area contributed by atoms with Crippen molar-refractivity contribution >= 4 is 21.9 Å². The second-order valence-corrected chi connectivity index (χ2v) is 11.8. The molecule has 204 valence electrons. The van der Waals surface area contributed by atoms with E-state index in [1.165, 1.54) is 0 Å². The summed E-state index contributed by atoms with van der Waals surface area (Å²) >= 11 is 0. The minimum Gasteiger partial charge on any atom is -0.474 e. The van der Waals surface area contributed by atoms with Gasteiger partial charge in [-0.25, -0.2) is 14.5 Å². The number of ether oxygens (including phenoxy) is 1. The van der Waals surface area contributed by atoms with Gasteiger partial charge in [0.1, 0.15) is 6.10 Å². The quantitative estimate of drug-likeness (QED) is 0.570. The third-order valence-corrected chi connectivity index (χ3v) is 8.76.